The summed E-state index contributed by atoms with van der Waals surface area (Å²) in [5.74, 6) is -3.39. The Kier molecular flexibility index (Phi) is 9.30. The quantitative estimate of drug-likeness (QED) is 0.338. The van der Waals surface area contributed by atoms with Crippen LogP contribution in [0.15, 0.2) is 49.1 Å². The number of carboxylic acids is 2. The minimum Gasteiger partial charge on any atom is -0.475 e. The highest BCUT2D eigenvalue weighted by molar-refractivity contribution is 5.73. The van der Waals surface area contributed by atoms with Gasteiger partial charge in [-0.15, -0.1) is 0 Å². The number of nitrogens with zero attached hydrogens (tertiary/aromatic N) is 8. The molecule has 220 valence electrons. The van der Waals surface area contributed by atoms with E-state index in [0.717, 1.165) is 17.2 Å². The lowest BCUT2D eigenvalue weighted by atomic mass is 10.3. The lowest BCUT2D eigenvalue weighted by molar-refractivity contribution is -0.193. The van der Waals surface area contributed by atoms with Gasteiger partial charge in [0.25, 0.3) is 5.78 Å². The number of ether oxygens (including phenoxy) is 1. The second-order valence-electron chi connectivity index (χ2n) is 8.13. The highest BCUT2D eigenvalue weighted by Crippen LogP contribution is 2.23. The van der Waals surface area contributed by atoms with Crippen LogP contribution >= 0.6 is 0 Å². The van der Waals surface area contributed by atoms with Crippen LogP contribution in [0.4, 0.5) is 32.2 Å². The molecule has 4 aromatic heterocycles. The van der Waals surface area contributed by atoms with E-state index < -0.39 is 24.3 Å². The van der Waals surface area contributed by atoms with Crippen LogP contribution in [0.1, 0.15) is 11.4 Å². The molecule has 5 rings (SSSR count). The Hall–Kier alpha value is -4.97. The molecule has 13 nitrogen and oxygen atoms in total. The lowest BCUT2D eigenvalue weighted by Gasteiger charge is -2.26. The van der Waals surface area contributed by atoms with Gasteiger partial charge >= 0.3 is 24.3 Å². The average Bonchev–Trinajstić information content (AvgIpc) is 3.49. The topological polar surface area (TPSA) is 161 Å². The summed E-state index contributed by atoms with van der Waals surface area (Å²) >= 11 is 0. The van der Waals surface area contributed by atoms with Crippen LogP contribution in [0.3, 0.4) is 0 Å². The minimum absolute atomic E-state index is 0.118. The second-order valence-corrected chi connectivity index (χ2v) is 8.13. The second kappa shape index (κ2) is 12.5. The number of carbonyl (C=O) groups is 2. The molecule has 0 saturated carbocycles. The van der Waals surface area contributed by atoms with E-state index in [-0.39, 0.29) is 6.10 Å². The molecule has 0 spiro atoms. The summed E-state index contributed by atoms with van der Waals surface area (Å²) < 4.78 is 73.4. The Morgan fingerprint density at radius 3 is 2.20 bits per heavy atom. The zero-order chi connectivity index (χ0) is 30.4. The van der Waals surface area contributed by atoms with Crippen LogP contribution in [0.25, 0.3) is 5.78 Å². The third-order valence-electron chi connectivity index (χ3n) is 5.05. The Labute approximate surface area is 225 Å². The van der Waals surface area contributed by atoms with Gasteiger partial charge in [0.1, 0.15) is 18.2 Å². The predicted octanol–water partition coefficient (Wildman–Crippen LogP) is 2.76. The van der Waals surface area contributed by atoms with Gasteiger partial charge in [0.15, 0.2) is 0 Å². The zero-order valence-electron chi connectivity index (χ0n) is 20.8. The van der Waals surface area contributed by atoms with Crippen molar-refractivity contribution in [3.05, 3.63) is 60.4 Å². The summed E-state index contributed by atoms with van der Waals surface area (Å²) in [5.41, 5.74) is 2.01. The highest BCUT2D eigenvalue weighted by Gasteiger charge is 2.38. The Morgan fingerprint density at radius 1 is 0.951 bits per heavy atom. The normalized spacial score (nSPS) is 15.0. The van der Waals surface area contributed by atoms with Gasteiger partial charge in [-0.2, -0.15) is 46.0 Å². The van der Waals surface area contributed by atoms with Gasteiger partial charge in [-0.1, -0.05) is 6.07 Å². The van der Waals surface area contributed by atoms with E-state index >= 15 is 0 Å². The van der Waals surface area contributed by atoms with E-state index in [0.29, 0.717) is 31.3 Å². The van der Waals surface area contributed by atoms with Crippen molar-refractivity contribution in [2.45, 2.75) is 38.5 Å². The van der Waals surface area contributed by atoms with Crippen molar-refractivity contribution in [2.75, 3.05) is 11.4 Å². The van der Waals surface area contributed by atoms with E-state index in [9.17, 15) is 26.3 Å². The van der Waals surface area contributed by atoms with Crippen LogP contribution in [0.2, 0.25) is 0 Å². The van der Waals surface area contributed by atoms with Crippen LogP contribution < -0.4 is 9.64 Å². The van der Waals surface area contributed by atoms with Gasteiger partial charge < -0.3 is 19.8 Å². The van der Waals surface area contributed by atoms with Crippen molar-refractivity contribution < 1.29 is 50.9 Å². The number of aliphatic carboxylic acids is 2. The molecule has 4 aromatic rings. The molecule has 1 aliphatic rings. The van der Waals surface area contributed by atoms with Gasteiger partial charge in [0, 0.05) is 30.2 Å². The van der Waals surface area contributed by atoms with E-state index in [1.807, 2.05) is 48.1 Å². The van der Waals surface area contributed by atoms with Gasteiger partial charge in [-0.25, -0.2) is 19.6 Å². The Morgan fingerprint density at radius 2 is 1.61 bits per heavy atom. The molecular weight excluding hydrogens is 570 g/mol. The van der Waals surface area contributed by atoms with Gasteiger partial charge in [0.2, 0.25) is 5.88 Å². The summed E-state index contributed by atoms with van der Waals surface area (Å²) in [7, 11) is 0. The summed E-state index contributed by atoms with van der Waals surface area (Å²) in [4.78, 5) is 33.0. The van der Waals surface area contributed by atoms with E-state index in [2.05, 4.69) is 30.0 Å². The summed E-state index contributed by atoms with van der Waals surface area (Å²) in [5, 5.41) is 23.0. The van der Waals surface area contributed by atoms with Gasteiger partial charge in [0.05, 0.1) is 25.3 Å². The molecule has 1 unspecified atom stereocenters. The molecule has 0 fully saturated rings. The molecule has 41 heavy (non-hydrogen) atoms. The maximum atomic E-state index is 10.6. The molecule has 0 bridgehead atoms. The van der Waals surface area contributed by atoms with Gasteiger partial charge in [-0.05, 0) is 19.1 Å². The maximum Gasteiger partial charge on any atom is 0.490 e. The number of pyridine rings is 1. The Balaban J connectivity index is 0.000000276. The van der Waals surface area contributed by atoms with Crippen molar-refractivity contribution >= 4 is 23.5 Å². The fourth-order valence-electron chi connectivity index (χ4n) is 3.39. The van der Waals surface area contributed by atoms with Crippen molar-refractivity contribution in [1.82, 2.24) is 34.3 Å². The largest absolute Gasteiger partial charge is 0.490 e. The number of hydrogen-bond acceptors (Lipinski definition) is 9. The monoisotopic (exact) mass is 590 g/mol. The zero-order valence-corrected chi connectivity index (χ0v) is 20.8. The lowest BCUT2D eigenvalue weighted by Crippen LogP contribution is -2.36. The number of anilines is 1. The van der Waals surface area contributed by atoms with Crippen LogP contribution in [-0.4, -0.2) is 81.5 Å². The number of rotatable bonds is 3. The number of carboxylic acid groups (broad SMARTS) is 2. The molecule has 19 heteroatoms. The number of hydrogen-bond donors (Lipinski definition) is 2. The van der Waals surface area contributed by atoms with Crippen molar-refractivity contribution in [3.8, 4) is 5.88 Å². The number of aromatic nitrogens is 7. The summed E-state index contributed by atoms with van der Waals surface area (Å²) in [6.45, 7) is 3.97. The van der Waals surface area contributed by atoms with Gasteiger partial charge in [-0.3, -0.25) is 4.68 Å². The molecule has 2 N–H and O–H groups in total. The number of fused-ring (bicyclic) bond motifs is 2. The summed E-state index contributed by atoms with van der Waals surface area (Å²) in [6.07, 6.45) is -5.21. The van der Waals surface area contributed by atoms with Crippen LogP contribution in [0, 0.1) is 6.92 Å². The molecule has 0 aliphatic carbocycles. The molecule has 0 radical (unpaired) electrons. The number of alkyl halides is 6. The van der Waals surface area contributed by atoms with E-state index in [4.69, 9.17) is 24.5 Å². The SMILES string of the molecule is Cc1cc(N2Cc3ccnn3CC(Oc3ccccn3)C2)n2ncnc2n1.O=C(O)C(F)(F)F.O=C(O)C(F)(F)F. The van der Waals surface area contributed by atoms with Crippen molar-refractivity contribution in [3.63, 3.8) is 0 Å². The maximum absolute atomic E-state index is 10.6. The molecule has 5 heterocycles. The fraction of sp³-hybridized carbons (Fsp3) is 0.318. The first-order chi connectivity index (χ1) is 19.1. The number of aryl methyl sites for hydroxylation is 1. The van der Waals surface area contributed by atoms with E-state index in [1.165, 1.54) is 6.33 Å². The molecule has 0 aromatic carbocycles. The third kappa shape index (κ3) is 8.51. The van der Waals surface area contributed by atoms with E-state index in [1.54, 1.807) is 10.7 Å². The predicted molar refractivity (Wildman–Crippen MR) is 125 cm³/mol. The summed E-state index contributed by atoms with van der Waals surface area (Å²) in [6, 6.07) is 9.71. The molecule has 1 atom stereocenters. The molecular formula is C22H20F6N8O5. The minimum atomic E-state index is -5.08. The third-order valence-corrected chi connectivity index (χ3v) is 5.05. The first kappa shape index (κ1) is 30.6. The van der Waals surface area contributed by atoms with Crippen molar-refractivity contribution in [1.29, 1.82) is 0 Å². The van der Waals surface area contributed by atoms with Crippen LogP contribution in [-0.2, 0) is 22.7 Å². The first-order valence-corrected chi connectivity index (χ1v) is 11.3. The smallest absolute Gasteiger partial charge is 0.475 e. The molecule has 1 aliphatic heterocycles. The highest BCUT2D eigenvalue weighted by atomic mass is 19.4. The number of halogens is 6. The molecule has 0 saturated heterocycles. The molecule has 0 amide bonds. The van der Waals surface area contributed by atoms with Crippen molar-refractivity contribution in [2.24, 2.45) is 0 Å². The standard InChI is InChI=1S/C18H18N8O.2C2HF3O2/c1-13-8-17(26-18(23-13)20-12-22-26)24-9-14-5-7-21-25(14)11-15(10-24)27-16-4-2-3-6-19-16;2*3-2(4,5)1(6)7/h2-8,12,15H,9-11H2,1H3;2*(H,6,7). The fourth-order valence-corrected chi connectivity index (χ4v) is 3.39. The Bertz CT molecular complexity index is 1450. The van der Waals surface area contributed by atoms with Crippen LogP contribution in [0.5, 0.6) is 5.88 Å². The first-order valence-electron chi connectivity index (χ1n) is 11.3. The average molecular weight is 590 g/mol.